The summed E-state index contributed by atoms with van der Waals surface area (Å²) in [5, 5.41) is 0. The third-order valence-corrected chi connectivity index (χ3v) is 7.32. The topological polar surface area (TPSA) is 71.7 Å². The maximum absolute atomic E-state index is 12.8. The first-order chi connectivity index (χ1) is 12.2. The largest absolute Gasteiger partial charge is 0.317 e. The molecule has 0 bridgehead atoms. The molecule has 1 unspecified atom stereocenters. The van der Waals surface area contributed by atoms with E-state index in [0.717, 1.165) is 29.3 Å². The summed E-state index contributed by atoms with van der Waals surface area (Å²) in [7, 11) is -3.41. The summed E-state index contributed by atoms with van der Waals surface area (Å²) in [5.41, 5.74) is 3.47. The molecule has 1 saturated heterocycles. The van der Waals surface area contributed by atoms with Crippen molar-refractivity contribution < 1.29 is 13.2 Å². The molecule has 0 N–H and O–H groups in total. The van der Waals surface area contributed by atoms with E-state index in [1.165, 1.54) is 26.8 Å². The predicted molar refractivity (Wildman–Crippen MR) is 105 cm³/mol. The van der Waals surface area contributed by atoms with Gasteiger partial charge in [0, 0.05) is 13.1 Å². The molecule has 0 spiro atoms. The van der Waals surface area contributed by atoms with Gasteiger partial charge < -0.3 is 4.57 Å². The van der Waals surface area contributed by atoms with Crippen LogP contribution in [0.2, 0.25) is 0 Å². The number of carbonyl (C=O) groups is 1. The number of thiazole rings is 1. The predicted octanol–water partition coefficient (Wildman–Crippen LogP) is 2.58. The summed E-state index contributed by atoms with van der Waals surface area (Å²) < 4.78 is 28.5. The Morgan fingerprint density at radius 3 is 2.62 bits per heavy atom. The van der Waals surface area contributed by atoms with Crippen LogP contribution >= 0.6 is 11.3 Å². The number of carbonyl (C=O) groups excluding carboxylic acids is 1. The number of aromatic nitrogens is 1. The van der Waals surface area contributed by atoms with Crippen molar-refractivity contribution in [2.45, 2.75) is 52.6 Å². The maximum atomic E-state index is 12.8. The number of nitrogens with zero attached hydrogens (tertiary/aromatic N) is 3. The third-order valence-electron chi connectivity index (χ3n) is 4.99. The van der Waals surface area contributed by atoms with Crippen molar-refractivity contribution in [1.82, 2.24) is 8.87 Å². The number of sulfonamides is 1. The van der Waals surface area contributed by atoms with Crippen LogP contribution < -0.4 is 4.80 Å². The maximum Gasteiger partial charge on any atom is 0.266 e. The van der Waals surface area contributed by atoms with Crippen LogP contribution in [0.15, 0.2) is 17.1 Å². The van der Waals surface area contributed by atoms with Gasteiger partial charge in [0.2, 0.25) is 10.0 Å². The highest BCUT2D eigenvalue weighted by atomic mass is 32.2. The van der Waals surface area contributed by atoms with Gasteiger partial charge in [-0.15, -0.1) is 0 Å². The van der Waals surface area contributed by atoms with E-state index in [1.54, 1.807) is 0 Å². The minimum Gasteiger partial charge on any atom is -0.317 e. The molecule has 1 aromatic carbocycles. The second-order valence-electron chi connectivity index (χ2n) is 6.87. The monoisotopic (exact) mass is 395 g/mol. The van der Waals surface area contributed by atoms with E-state index in [9.17, 15) is 13.2 Å². The van der Waals surface area contributed by atoms with Gasteiger partial charge in [0.25, 0.3) is 5.91 Å². The molecule has 2 heterocycles. The molecule has 1 amide bonds. The molecule has 0 radical (unpaired) electrons. The van der Waals surface area contributed by atoms with Crippen molar-refractivity contribution in [2.75, 3.05) is 12.8 Å². The Labute approximate surface area is 158 Å². The van der Waals surface area contributed by atoms with Gasteiger partial charge in [-0.3, -0.25) is 4.79 Å². The molecule has 1 aliphatic heterocycles. The summed E-state index contributed by atoms with van der Waals surface area (Å²) in [4.78, 5) is 17.8. The number of rotatable bonds is 3. The number of piperidine rings is 1. The number of benzene rings is 1. The van der Waals surface area contributed by atoms with Gasteiger partial charge in [-0.2, -0.15) is 9.30 Å². The Morgan fingerprint density at radius 1 is 1.27 bits per heavy atom. The SMILES string of the molecule is CCn1c(=NC(=O)C2CCCCN2S(C)(=O)=O)sc2cc(C)c(C)cc21. The molecule has 2 aromatic rings. The Kier molecular flexibility index (Phi) is 5.37. The average molecular weight is 396 g/mol. The zero-order chi connectivity index (χ0) is 19.1. The van der Waals surface area contributed by atoms with Gasteiger partial charge >= 0.3 is 0 Å². The summed E-state index contributed by atoms with van der Waals surface area (Å²) in [6.07, 6.45) is 3.32. The van der Waals surface area contributed by atoms with Gasteiger partial charge in [0.05, 0.1) is 16.5 Å². The van der Waals surface area contributed by atoms with Gasteiger partial charge in [0.15, 0.2) is 4.80 Å². The minimum atomic E-state index is -3.41. The molecule has 1 aliphatic rings. The Hall–Kier alpha value is -1.51. The molecule has 142 valence electrons. The van der Waals surface area contributed by atoms with Crippen LogP contribution in [-0.4, -0.2) is 42.0 Å². The third kappa shape index (κ3) is 3.63. The van der Waals surface area contributed by atoms with Crippen LogP contribution in [0.25, 0.3) is 10.2 Å². The van der Waals surface area contributed by atoms with E-state index in [2.05, 4.69) is 31.0 Å². The smallest absolute Gasteiger partial charge is 0.266 e. The summed E-state index contributed by atoms with van der Waals surface area (Å²) >= 11 is 1.48. The average Bonchev–Trinajstić information content (AvgIpc) is 2.90. The van der Waals surface area contributed by atoms with Crippen LogP contribution in [0.5, 0.6) is 0 Å². The van der Waals surface area contributed by atoms with Crippen molar-refractivity contribution in [3.63, 3.8) is 0 Å². The lowest BCUT2D eigenvalue weighted by atomic mass is 10.0. The quantitative estimate of drug-likeness (QED) is 0.802. The first-order valence-electron chi connectivity index (χ1n) is 8.88. The standard InChI is InChI=1S/C18H25N3O3S2/c1-5-20-15-10-12(2)13(3)11-16(15)25-18(20)19-17(22)14-8-6-7-9-21(14)26(4,23)24/h10-11,14H,5-9H2,1-4H3. The number of hydrogen-bond acceptors (Lipinski definition) is 4. The number of fused-ring (bicyclic) bond motifs is 1. The molecule has 0 saturated carbocycles. The molecule has 3 rings (SSSR count). The molecule has 8 heteroatoms. The highest BCUT2D eigenvalue weighted by molar-refractivity contribution is 7.88. The molecule has 0 aliphatic carbocycles. The molecule has 26 heavy (non-hydrogen) atoms. The lowest BCUT2D eigenvalue weighted by Crippen LogP contribution is -2.47. The second kappa shape index (κ2) is 7.25. The molecule has 1 aromatic heterocycles. The number of amides is 1. The summed E-state index contributed by atoms with van der Waals surface area (Å²) in [6.45, 7) is 7.26. The van der Waals surface area contributed by atoms with Crippen LogP contribution in [0.3, 0.4) is 0 Å². The normalized spacial score (nSPS) is 20.0. The Bertz CT molecular complexity index is 1020. The van der Waals surface area contributed by atoms with Crippen molar-refractivity contribution in [1.29, 1.82) is 0 Å². The highest BCUT2D eigenvalue weighted by Crippen LogP contribution is 2.23. The lowest BCUT2D eigenvalue weighted by molar-refractivity contribution is -0.122. The fraction of sp³-hybridized carbons (Fsp3) is 0.556. The zero-order valence-corrected chi connectivity index (χ0v) is 17.3. The Balaban J connectivity index is 2.07. The van der Waals surface area contributed by atoms with Gasteiger partial charge in [-0.25, -0.2) is 8.42 Å². The van der Waals surface area contributed by atoms with Crippen molar-refractivity contribution in [3.8, 4) is 0 Å². The molecule has 1 fully saturated rings. The van der Waals surface area contributed by atoms with E-state index in [1.807, 2.05) is 11.5 Å². The number of hydrogen-bond donors (Lipinski definition) is 0. The van der Waals surface area contributed by atoms with E-state index >= 15 is 0 Å². The zero-order valence-electron chi connectivity index (χ0n) is 15.7. The number of aryl methyl sites for hydroxylation is 3. The van der Waals surface area contributed by atoms with Crippen molar-refractivity contribution in [3.05, 3.63) is 28.1 Å². The highest BCUT2D eigenvalue weighted by Gasteiger charge is 2.34. The Morgan fingerprint density at radius 2 is 1.96 bits per heavy atom. The summed E-state index contributed by atoms with van der Waals surface area (Å²) in [5.74, 6) is -0.364. The van der Waals surface area contributed by atoms with E-state index in [-0.39, 0.29) is 5.91 Å². The van der Waals surface area contributed by atoms with Gasteiger partial charge in [-0.05, 0) is 56.9 Å². The molecule has 6 nitrogen and oxygen atoms in total. The van der Waals surface area contributed by atoms with Crippen LogP contribution in [0.4, 0.5) is 0 Å². The molecular formula is C18H25N3O3S2. The van der Waals surface area contributed by atoms with Gasteiger partial charge in [0.1, 0.15) is 6.04 Å². The van der Waals surface area contributed by atoms with Gasteiger partial charge in [-0.1, -0.05) is 17.8 Å². The first kappa shape index (κ1) is 19.3. The first-order valence-corrected chi connectivity index (χ1v) is 11.5. The fourth-order valence-electron chi connectivity index (χ4n) is 3.43. The van der Waals surface area contributed by atoms with Crippen molar-refractivity contribution >= 4 is 37.5 Å². The van der Waals surface area contributed by atoms with Crippen LogP contribution in [0.1, 0.15) is 37.3 Å². The van der Waals surface area contributed by atoms with Crippen LogP contribution in [0, 0.1) is 13.8 Å². The van der Waals surface area contributed by atoms with E-state index < -0.39 is 16.1 Å². The lowest BCUT2D eigenvalue weighted by Gasteiger charge is -2.31. The van der Waals surface area contributed by atoms with E-state index in [0.29, 0.717) is 24.3 Å². The second-order valence-corrected chi connectivity index (χ2v) is 9.81. The van der Waals surface area contributed by atoms with Crippen LogP contribution in [-0.2, 0) is 21.4 Å². The fourth-order valence-corrected chi connectivity index (χ4v) is 5.73. The van der Waals surface area contributed by atoms with Crippen molar-refractivity contribution in [2.24, 2.45) is 4.99 Å². The summed E-state index contributed by atoms with van der Waals surface area (Å²) in [6, 6.07) is 3.56. The molecular weight excluding hydrogens is 370 g/mol. The molecule has 1 atom stereocenters. The van der Waals surface area contributed by atoms with E-state index in [4.69, 9.17) is 0 Å². The minimum absolute atomic E-state index is 0.364.